The molecule has 4 heterocycles. The fraction of sp³-hybridized carbons (Fsp3) is 0.444. The number of pyridine rings is 2. The Morgan fingerprint density at radius 2 is 2.17 bits per heavy atom. The van der Waals surface area contributed by atoms with E-state index in [0.717, 1.165) is 43.1 Å². The summed E-state index contributed by atoms with van der Waals surface area (Å²) in [6, 6.07) is 10.2. The molecule has 2 aliphatic heterocycles. The Balaban J connectivity index is 1.24. The molecule has 0 saturated carbocycles. The van der Waals surface area contributed by atoms with Gasteiger partial charge in [-0.15, -0.1) is 11.8 Å². The number of thioether (sulfide) groups is 1. The fourth-order valence-electron chi connectivity index (χ4n) is 3.43. The molecule has 4 rings (SSSR count). The molecular weight excluding hydrogens is 306 g/mol. The minimum Gasteiger partial charge on any atom is -0.373 e. The molecule has 0 aliphatic carbocycles. The van der Waals surface area contributed by atoms with Gasteiger partial charge in [-0.3, -0.25) is 14.9 Å². The molecule has 2 fully saturated rings. The molecule has 4 nitrogen and oxygen atoms in total. The Kier molecular flexibility index (Phi) is 4.33. The van der Waals surface area contributed by atoms with Gasteiger partial charge in [-0.2, -0.15) is 0 Å². The minimum atomic E-state index is 0.372. The van der Waals surface area contributed by atoms with Gasteiger partial charge < -0.3 is 4.74 Å². The van der Waals surface area contributed by atoms with Crippen LogP contribution in [0.1, 0.15) is 17.7 Å². The van der Waals surface area contributed by atoms with Crippen LogP contribution in [-0.4, -0.2) is 44.6 Å². The second-order valence-electron chi connectivity index (χ2n) is 6.46. The SMILES string of the molecule is c1ccc(CN2CC3(CC(OCc4cccnc4)CS3)C2)nc1. The largest absolute Gasteiger partial charge is 0.373 e. The van der Waals surface area contributed by atoms with Gasteiger partial charge in [0.15, 0.2) is 0 Å². The van der Waals surface area contributed by atoms with E-state index in [1.807, 2.05) is 24.5 Å². The summed E-state index contributed by atoms with van der Waals surface area (Å²) in [5.74, 6) is 1.11. The first kappa shape index (κ1) is 15.1. The molecule has 5 heteroatoms. The van der Waals surface area contributed by atoms with Gasteiger partial charge in [0.1, 0.15) is 0 Å². The number of likely N-dealkylation sites (tertiary alicyclic amines) is 1. The summed E-state index contributed by atoms with van der Waals surface area (Å²) < 4.78 is 6.49. The van der Waals surface area contributed by atoms with Crippen LogP contribution in [-0.2, 0) is 17.9 Å². The lowest BCUT2D eigenvalue weighted by atomic mass is 9.93. The maximum atomic E-state index is 6.08. The number of ether oxygens (including phenoxy) is 1. The molecule has 23 heavy (non-hydrogen) atoms. The molecular formula is C18H21N3OS. The van der Waals surface area contributed by atoms with Gasteiger partial charge in [-0.25, -0.2) is 0 Å². The molecule has 1 spiro atoms. The van der Waals surface area contributed by atoms with Crippen LogP contribution in [0.2, 0.25) is 0 Å². The lowest BCUT2D eigenvalue weighted by Gasteiger charge is -2.47. The summed E-state index contributed by atoms with van der Waals surface area (Å²) in [6.45, 7) is 3.94. The molecule has 2 aliphatic rings. The van der Waals surface area contributed by atoms with Crippen molar-refractivity contribution in [3.8, 4) is 0 Å². The van der Waals surface area contributed by atoms with Crippen molar-refractivity contribution in [2.24, 2.45) is 0 Å². The summed E-state index contributed by atoms with van der Waals surface area (Å²) in [5, 5.41) is 0. The number of nitrogens with zero attached hydrogens (tertiary/aromatic N) is 3. The van der Waals surface area contributed by atoms with E-state index in [1.165, 1.54) is 0 Å². The quantitative estimate of drug-likeness (QED) is 0.844. The van der Waals surface area contributed by atoms with E-state index in [9.17, 15) is 0 Å². The molecule has 2 aromatic rings. The van der Waals surface area contributed by atoms with Crippen molar-refractivity contribution in [3.63, 3.8) is 0 Å². The molecule has 0 N–H and O–H groups in total. The predicted molar refractivity (Wildman–Crippen MR) is 92.1 cm³/mol. The molecule has 2 saturated heterocycles. The predicted octanol–water partition coefficient (Wildman–Crippen LogP) is 2.75. The first-order chi connectivity index (χ1) is 11.3. The van der Waals surface area contributed by atoms with Crippen molar-refractivity contribution in [2.45, 2.75) is 30.4 Å². The average molecular weight is 327 g/mol. The van der Waals surface area contributed by atoms with Crippen LogP contribution in [0.15, 0.2) is 48.9 Å². The van der Waals surface area contributed by atoms with Crippen LogP contribution in [0, 0.1) is 0 Å². The van der Waals surface area contributed by atoms with Gasteiger partial charge in [0.25, 0.3) is 0 Å². The maximum Gasteiger partial charge on any atom is 0.0736 e. The second kappa shape index (κ2) is 6.59. The summed E-state index contributed by atoms with van der Waals surface area (Å²) in [5.41, 5.74) is 2.32. The Morgan fingerprint density at radius 3 is 2.96 bits per heavy atom. The zero-order valence-electron chi connectivity index (χ0n) is 13.1. The zero-order chi connectivity index (χ0) is 15.5. The first-order valence-electron chi connectivity index (χ1n) is 8.08. The average Bonchev–Trinajstić information content (AvgIpc) is 2.99. The molecule has 0 bridgehead atoms. The van der Waals surface area contributed by atoms with E-state index >= 15 is 0 Å². The molecule has 2 aromatic heterocycles. The second-order valence-corrected chi connectivity index (χ2v) is 7.95. The standard InChI is InChI=1S/C18H21N3OS/c1-2-7-20-16(5-1)10-21-13-18(14-21)8-17(12-23-18)22-11-15-4-3-6-19-9-15/h1-7,9,17H,8,10-14H2. The third-order valence-corrected chi connectivity index (χ3v) is 6.09. The zero-order valence-corrected chi connectivity index (χ0v) is 13.9. The highest BCUT2D eigenvalue weighted by Gasteiger charge is 2.49. The Hall–Kier alpha value is -1.43. The third-order valence-electron chi connectivity index (χ3n) is 4.52. The highest BCUT2D eigenvalue weighted by atomic mass is 32.2. The van der Waals surface area contributed by atoms with E-state index in [2.05, 4.69) is 44.8 Å². The van der Waals surface area contributed by atoms with E-state index < -0.39 is 0 Å². The van der Waals surface area contributed by atoms with Gasteiger partial charge in [0.2, 0.25) is 0 Å². The Labute approximate surface area is 141 Å². The number of rotatable bonds is 5. The van der Waals surface area contributed by atoms with Crippen molar-refractivity contribution in [1.29, 1.82) is 0 Å². The van der Waals surface area contributed by atoms with Crippen molar-refractivity contribution >= 4 is 11.8 Å². The van der Waals surface area contributed by atoms with E-state index in [4.69, 9.17) is 4.74 Å². The van der Waals surface area contributed by atoms with Gasteiger partial charge in [-0.05, 0) is 30.2 Å². The van der Waals surface area contributed by atoms with Gasteiger partial charge in [0.05, 0.1) is 18.4 Å². The van der Waals surface area contributed by atoms with Gasteiger partial charge in [-0.1, -0.05) is 12.1 Å². The Morgan fingerprint density at radius 1 is 1.22 bits per heavy atom. The van der Waals surface area contributed by atoms with E-state index in [1.54, 1.807) is 6.20 Å². The van der Waals surface area contributed by atoms with Gasteiger partial charge in [0, 0.05) is 48.7 Å². The van der Waals surface area contributed by atoms with Crippen LogP contribution in [0.25, 0.3) is 0 Å². The van der Waals surface area contributed by atoms with Crippen LogP contribution >= 0.6 is 11.8 Å². The van der Waals surface area contributed by atoms with Crippen molar-refractivity contribution in [1.82, 2.24) is 14.9 Å². The normalized spacial score (nSPS) is 23.0. The molecule has 0 aromatic carbocycles. The van der Waals surface area contributed by atoms with Crippen molar-refractivity contribution in [2.75, 3.05) is 18.8 Å². The number of aromatic nitrogens is 2. The fourth-order valence-corrected chi connectivity index (χ4v) is 5.03. The lowest BCUT2D eigenvalue weighted by Crippen LogP contribution is -2.58. The van der Waals surface area contributed by atoms with Crippen LogP contribution in [0.3, 0.4) is 0 Å². The van der Waals surface area contributed by atoms with Crippen molar-refractivity contribution in [3.05, 3.63) is 60.2 Å². The minimum absolute atomic E-state index is 0.372. The van der Waals surface area contributed by atoms with Crippen molar-refractivity contribution < 1.29 is 4.74 Å². The van der Waals surface area contributed by atoms with E-state index in [-0.39, 0.29) is 0 Å². The summed E-state index contributed by atoms with van der Waals surface area (Å²) in [4.78, 5) is 11.0. The number of hydrogen-bond acceptors (Lipinski definition) is 5. The topological polar surface area (TPSA) is 38.2 Å². The van der Waals surface area contributed by atoms with Gasteiger partial charge >= 0.3 is 0 Å². The molecule has 0 amide bonds. The van der Waals surface area contributed by atoms with Crippen LogP contribution in [0.4, 0.5) is 0 Å². The molecule has 1 unspecified atom stereocenters. The highest BCUT2D eigenvalue weighted by Crippen LogP contribution is 2.46. The highest BCUT2D eigenvalue weighted by molar-refractivity contribution is 8.01. The van der Waals surface area contributed by atoms with Crippen LogP contribution < -0.4 is 0 Å². The molecule has 0 radical (unpaired) electrons. The lowest BCUT2D eigenvalue weighted by molar-refractivity contribution is 0.0260. The number of hydrogen-bond donors (Lipinski definition) is 0. The maximum absolute atomic E-state index is 6.08. The first-order valence-corrected chi connectivity index (χ1v) is 9.07. The summed E-state index contributed by atoms with van der Waals surface area (Å²) >= 11 is 2.09. The Bertz CT molecular complexity index is 631. The van der Waals surface area contributed by atoms with E-state index in [0.29, 0.717) is 17.5 Å². The summed E-state index contributed by atoms with van der Waals surface area (Å²) in [6.07, 6.45) is 7.09. The smallest absolute Gasteiger partial charge is 0.0736 e. The van der Waals surface area contributed by atoms with Crippen LogP contribution in [0.5, 0.6) is 0 Å². The molecule has 1 atom stereocenters. The monoisotopic (exact) mass is 327 g/mol. The third kappa shape index (κ3) is 3.57. The summed E-state index contributed by atoms with van der Waals surface area (Å²) in [7, 11) is 0. The molecule has 120 valence electrons.